The molecule has 1 aliphatic heterocycles. The number of benzene rings is 1. The molecule has 0 radical (unpaired) electrons. The largest absolute Gasteiger partial charge is 0.314 e. The lowest BCUT2D eigenvalue weighted by Crippen LogP contribution is -2.26. The van der Waals surface area contributed by atoms with Gasteiger partial charge in [-0.1, -0.05) is 12.1 Å². The van der Waals surface area contributed by atoms with Crippen molar-refractivity contribution in [1.82, 2.24) is 10.6 Å². The topological polar surface area (TPSA) is 24.1 Å². The van der Waals surface area contributed by atoms with Crippen LogP contribution in [0.1, 0.15) is 24.8 Å². The lowest BCUT2D eigenvalue weighted by atomic mass is 10.1. The fourth-order valence-corrected chi connectivity index (χ4v) is 2.11. The van der Waals surface area contributed by atoms with Gasteiger partial charge in [-0.25, -0.2) is 4.39 Å². The van der Waals surface area contributed by atoms with Gasteiger partial charge in [0, 0.05) is 12.6 Å². The zero-order chi connectivity index (χ0) is 11.2. The van der Waals surface area contributed by atoms with Gasteiger partial charge in [0.25, 0.3) is 0 Å². The van der Waals surface area contributed by atoms with Crippen LogP contribution in [0.15, 0.2) is 24.3 Å². The molecule has 0 bridgehead atoms. The van der Waals surface area contributed by atoms with Crippen molar-refractivity contribution in [3.05, 3.63) is 35.6 Å². The van der Waals surface area contributed by atoms with Gasteiger partial charge < -0.3 is 10.6 Å². The molecule has 1 aromatic carbocycles. The molecule has 1 heterocycles. The Balaban J connectivity index is 1.62. The first-order valence-corrected chi connectivity index (χ1v) is 6.03. The summed E-state index contributed by atoms with van der Waals surface area (Å²) in [6, 6.07) is 7.37. The maximum atomic E-state index is 12.7. The third-order valence-electron chi connectivity index (χ3n) is 3.07. The van der Waals surface area contributed by atoms with Crippen LogP contribution in [0.2, 0.25) is 0 Å². The highest BCUT2D eigenvalue weighted by atomic mass is 19.1. The van der Waals surface area contributed by atoms with Crippen LogP contribution in [0.5, 0.6) is 0 Å². The third-order valence-corrected chi connectivity index (χ3v) is 3.07. The second-order valence-corrected chi connectivity index (χ2v) is 4.39. The number of hydrogen-bond acceptors (Lipinski definition) is 2. The third kappa shape index (κ3) is 3.58. The van der Waals surface area contributed by atoms with Gasteiger partial charge in [-0.2, -0.15) is 0 Å². The first kappa shape index (κ1) is 11.6. The minimum atomic E-state index is -0.168. The lowest BCUT2D eigenvalue weighted by Gasteiger charge is -2.10. The Morgan fingerprint density at radius 3 is 2.81 bits per heavy atom. The Morgan fingerprint density at radius 2 is 2.12 bits per heavy atom. The minimum absolute atomic E-state index is 0.168. The maximum Gasteiger partial charge on any atom is 0.123 e. The van der Waals surface area contributed by atoms with E-state index in [1.165, 1.54) is 37.9 Å². The molecule has 1 atom stereocenters. The molecule has 0 aliphatic carbocycles. The van der Waals surface area contributed by atoms with Crippen molar-refractivity contribution >= 4 is 0 Å². The summed E-state index contributed by atoms with van der Waals surface area (Å²) in [4.78, 5) is 0. The van der Waals surface area contributed by atoms with Crippen LogP contribution < -0.4 is 10.6 Å². The zero-order valence-corrected chi connectivity index (χ0v) is 9.51. The second-order valence-electron chi connectivity index (χ2n) is 4.39. The SMILES string of the molecule is Fc1ccc(CNCCC2CCCN2)cc1. The van der Waals surface area contributed by atoms with Crippen LogP contribution in [0.4, 0.5) is 4.39 Å². The van der Waals surface area contributed by atoms with E-state index in [4.69, 9.17) is 0 Å². The molecule has 1 saturated heterocycles. The molecule has 3 heteroatoms. The fourth-order valence-electron chi connectivity index (χ4n) is 2.11. The Hall–Kier alpha value is -0.930. The van der Waals surface area contributed by atoms with E-state index in [9.17, 15) is 4.39 Å². The Kier molecular flexibility index (Phi) is 4.31. The highest BCUT2D eigenvalue weighted by Crippen LogP contribution is 2.08. The molecule has 88 valence electrons. The van der Waals surface area contributed by atoms with Gasteiger partial charge in [-0.3, -0.25) is 0 Å². The van der Waals surface area contributed by atoms with E-state index in [-0.39, 0.29) is 5.82 Å². The summed E-state index contributed by atoms with van der Waals surface area (Å²) in [7, 11) is 0. The average molecular weight is 222 g/mol. The van der Waals surface area contributed by atoms with Gasteiger partial charge in [-0.05, 0) is 50.0 Å². The molecule has 2 rings (SSSR count). The number of rotatable bonds is 5. The van der Waals surface area contributed by atoms with Gasteiger partial charge in [0.05, 0.1) is 0 Å². The van der Waals surface area contributed by atoms with Crippen LogP contribution in [0.3, 0.4) is 0 Å². The summed E-state index contributed by atoms with van der Waals surface area (Å²) in [5.41, 5.74) is 1.14. The lowest BCUT2D eigenvalue weighted by molar-refractivity contribution is 0.523. The normalized spacial score (nSPS) is 20.2. The Bertz CT molecular complexity index is 304. The van der Waals surface area contributed by atoms with Gasteiger partial charge >= 0.3 is 0 Å². The van der Waals surface area contributed by atoms with Crippen molar-refractivity contribution in [1.29, 1.82) is 0 Å². The first-order chi connectivity index (χ1) is 7.84. The Labute approximate surface area is 96.2 Å². The molecule has 16 heavy (non-hydrogen) atoms. The van der Waals surface area contributed by atoms with Crippen LogP contribution >= 0.6 is 0 Å². The van der Waals surface area contributed by atoms with Crippen molar-refractivity contribution in [2.75, 3.05) is 13.1 Å². The zero-order valence-electron chi connectivity index (χ0n) is 9.51. The highest BCUT2D eigenvalue weighted by molar-refractivity contribution is 5.15. The van der Waals surface area contributed by atoms with E-state index in [1.54, 1.807) is 0 Å². The summed E-state index contributed by atoms with van der Waals surface area (Å²) in [6.07, 6.45) is 3.79. The second kappa shape index (κ2) is 5.97. The molecule has 1 fully saturated rings. The van der Waals surface area contributed by atoms with Gasteiger partial charge in [0.15, 0.2) is 0 Å². The summed E-state index contributed by atoms with van der Waals surface area (Å²) in [5, 5.41) is 6.86. The number of nitrogens with one attached hydrogen (secondary N) is 2. The van der Waals surface area contributed by atoms with Crippen molar-refractivity contribution in [3.8, 4) is 0 Å². The van der Waals surface area contributed by atoms with Gasteiger partial charge in [0.2, 0.25) is 0 Å². The molecular weight excluding hydrogens is 203 g/mol. The van der Waals surface area contributed by atoms with Crippen LogP contribution in [0.25, 0.3) is 0 Å². The van der Waals surface area contributed by atoms with Crippen molar-refractivity contribution in [3.63, 3.8) is 0 Å². The molecule has 0 amide bonds. The molecule has 1 aliphatic rings. The predicted molar refractivity (Wildman–Crippen MR) is 63.7 cm³/mol. The smallest absolute Gasteiger partial charge is 0.123 e. The van der Waals surface area contributed by atoms with Crippen molar-refractivity contribution in [2.45, 2.75) is 31.8 Å². The number of hydrogen-bond donors (Lipinski definition) is 2. The van der Waals surface area contributed by atoms with Crippen LogP contribution in [-0.4, -0.2) is 19.1 Å². The maximum absolute atomic E-state index is 12.7. The molecule has 0 aromatic heterocycles. The fraction of sp³-hybridized carbons (Fsp3) is 0.538. The summed E-state index contributed by atoms with van der Waals surface area (Å²) in [6.45, 7) is 3.02. The highest BCUT2D eigenvalue weighted by Gasteiger charge is 2.12. The summed E-state index contributed by atoms with van der Waals surface area (Å²) in [5.74, 6) is -0.168. The molecule has 2 N–H and O–H groups in total. The van der Waals surface area contributed by atoms with Gasteiger partial charge in [-0.15, -0.1) is 0 Å². The molecule has 2 nitrogen and oxygen atoms in total. The van der Waals surface area contributed by atoms with Crippen LogP contribution in [-0.2, 0) is 6.54 Å². The minimum Gasteiger partial charge on any atom is -0.314 e. The van der Waals surface area contributed by atoms with Crippen molar-refractivity contribution < 1.29 is 4.39 Å². The Morgan fingerprint density at radius 1 is 1.31 bits per heavy atom. The van der Waals surface area contributed by atoms with E-state index >= 15 is 0 Å². The summed E-state index contributed by atoms with van der Waals surface area (Å²) < 4.78 is 12.7. The predicted octanol–water partition coefficient (Wildman–Crippen LogP) is 2.06. The van der Waals surface area contributed by atoms with E-state index in [0.717, 1.165) is 18.7 Å². The van der Waals surface area contributed by atoms with E-state index in [0.29, 0.717) is 6.04 Å². The average Bonchev–Trinajstić information content (AvgIpc) is 2.80. The molecule has 0 saturated carbocycles. The van der Waals surface area contributed by atoms with E-state index in [2.05, 4.69) is 10.6 Å². The van der Waals surface area contributed by atoms with Crippen LogP contribution in [0, 0.1) is 5.82 Å². The van der Waals surface area contributed by atoms with Gasteiger partial charge in [0.1, 0.15) is 5.82 Å². The van der Waals surface area contributed by atoms with E-state index in [1.807, 2.05) is 12.1 Å². The monoisotopic (exact) mass is 222 g/mol. The number of halogens is 1. The quantitative estimate of drug-likeness (QED) is 0.745. The standard InChI is InChI=1S/C13H19FN2/c14-12-5-3-11(4-6-12)10-15-9-7-13-2-1-8-16-13/h3-6,13,15-16H,1-2,7-10H2. The molecule has 1 aromatic rings. The molecular formula is C13H19FN2. The van der Waals surface area contributed by atoms with E-state index < -0.39 is 0 Å². The van der Waals surface area contributed by atoms with Crippen molar-refractivity contribution in [2.24, 2.45) is 0 Å². The molecule has 0 spiro atoms. The first-order valence-electron chi connectivity index (χ1n) is 6.03. The summed E-state index contributed by atoms with van der Waals surface area (Å²) >= 11 is 0. The molecule has 1 unspecified atom stereocenters.